The molecular formula is C23H27N3O5. The zero-order chi connectivity index (χ0) is 22.2. The Morgan fingerprint density at radius 1 is 0.839 bits per heavy atom. The fraction of sp³-hybridized carbons (Fsp3) is 0.348. The maximum absolute atomic E-state index is 12.4. The molecule has 0 unspecified atom stereocenters. The van der Waals surface area contributed by atoms with Crippen LogP contribution in [0.5, 0.6) is 17.2 Å². The first-order valence-corrected chi connectivity index (χ1v) is 10.3. The first-order valence-electron chi connectivity index (χ1n) is 10.3. The van der Waals surface area contributed by atoms with E-state index in [0.717, 1.165) is 5.75 Å². The van der Waals surface area contributed by atoms with Crippen molar-refractivity contribution in [2.24, 2.45) is 0 Å². The molecule has 3 rings (SSSR count). The molecule has 0 aliphatic carbocycles. The van der Waals surface area contributed by atoms with Crippen molar-refractivity contribution in [2.75, 3.05) is 32.8 Å². The van der Waals surface area contributed by atoms with Gasteiger partial charge in [0.1, 0.15) is 17.2 Å². The lowest BCUT2D eigenvalue weighted by atomic mass is 10.3. The minimum Gasteiger partial charge on any atom is -0.484 e. The molecule has 0 aromatic heterocycles. The van der Waals surface area contributed by atoms with Gasteiger partial charge in [-0.15, -0.1) is 0 Å². The number of nitrogens with zero attached hydrogens (tertiary/aromatic N) is 2. The van der Waals surface area contributed by atoms with Crippen LogP contribution >= 0.6 is 0 Å². The molecule has 0 radical (unpaired) electrons. The van der Waals surface area contributed by atoms with Gasteiger partial charge in [-0.2, -0.15) is 0 Å². The number of hydrogen-bond donors (Lipinski definition) is 1. The van der Waals surface area contributed by atoms with E-state index in [0.29, 0.717) is 37.7 Å². The van der Waals surface area contributed by atoms with Crippen LogP contribution in [0.4, 0.5) is 0 Å². The largest absolute Gasteiger partial charge is 0.484 e. The van der Waals surface area contributed by atoms with Gasteiger partial charge < -0.3 is 24.6 Å². The minimum atomic E-state index is -0.613. The first-order chi connectivity index (χ1) is 14.9. The van der Waals surface area contributed by atoms with E-state index < -0.39 is 11.8 Å². The summed E-state index contributed by atoms with van der Waals surface area (Å²) in [5.41, 5.74) is 0. The summed E-state index contributed by atoms with van der Waals surface area (Å²) < 4.78 is 11.3. The number of rotatable bonds is 6. The van der Waals surface area contributed by atoms with Gasteiger partial charge in [0.2, 0.25) is 0 Å². The van der Waals surface area contributed by atoms with Crippen LogP contribution in [0.15, 0.2) is 54.6 Å². The smallest absolute Gasteiger partial charge is 0.312 e. The fourth-order valence-electron chi connectivity index (χ4n) is 3.09. The molecule has 1 N–H and O–H groups in total. The molecule has 31 heavy (non-hydrogen) atoms. The van der Waals surface area contributed by atoms with Crippen molar-refractivity contribution in [2.45, 2.75) is 19.9 Å². The summed E-state index contributed by atoms with van der Waals surface area (Å²) in [6.45, 7) is 4.88. The number of carbonyl (C=O) groups is 3. The molecule has 3 amide bonds. The van der Waals surface area contributed by atoms with E-state index in [1.54, 1.807) is 43.0 Å². The van der Waals surface area contributed by atoms with Gasteiger partial charge in [0, 0.05) is 32.2 Å². The van der Waals surface area contributed by atoms with Crippen molar-refractivity contribution >= 4 is 17.7 Å². The average Bonchev–Trinajstić information content (AvgIpc) is 2.78. The molecule has 2 aromatic carbocycles. The van der Waals surface area contributed by atoms with Gasteiger partial charge in [0.25, 0.3) is 5.91 Å². The lowest BCUT2D eigenvalue weighted by molar-refractivity contribution is -0.148. The van der Waals surface area contributed by atoms with E-state index in [4.69, 9.17) is 9.47 Å². The first kappa shape index (κ1) is 22.1. The molecule has 0 spiro atoms. The normalized spacial score (nSPS) is 13.6. The van der Waals surface area contributed by atoms with Crippen LogP contribution in [-0.4, -0.2) is 66.3 Å². The maximum Gasteiger partial charge on any atom is 0.312 e. The number of hydrogen-bond acceptors (Lipinski definition) is 5. The number of nitrogens with one attached hydrogen (secondary N) is 1. The van der Waals surface area contributed by atoms with Gasteiger partial charge >= 0.3 is 11.8 Å². The van der Waals surface area contributed by atoms with Gasteiger partial charge in [-0.3, -0.25) is 14.4 Å². The molecule has 1 aliphatic rings. The molecule has 1 aliphatic heterocycles. The van der Waals surface area contributed by atoms with E-state index >= 15 is 0 Å². The van der Waals surface area contributed by atoms with Crippen molar-refractivity contribution in [3.63, 3.8) is 0 Å². The molecule has 2 aromatic rings. The van der Waals surface area contributed by atoms with Crippen LogP contribution < -0.4 is 14.8 Å². The minimum absolute atomic E-state index is 0.0966. The maximum atomic E-state index is 12.4. The molecule has 1 fully saturated rings. The second-order valence-electron chi connectivity index (χ2n) is 7.48. The Kier molecular flexibility index (Phi) is 7.48. The molecule has 0 bridgehead atoms. The Morgan fingerprint density at radius 2 is 1.39 bits per heavy atom. The quantitative estimate of drug-likeness (QED) is 0.716. The highest BCUT2D eigenvalue weighted by Crippen LogP contribution is 2.23. The van der Waals surface area contributed by atoms with Crippen LogP contribution in [0.1, 0.15) is 13.8 Å². The highest BCUT2D eigenvalue weighted by molar-refractivity contribution is 6.35. The lowest BCUT2D eigenvalue weighted by Gasteiger charge is -2.34. The summed E-state index contributed by atoms with van der Waals surface area (Å²) in [4.78, 5) is 39.5. The molecule has 0 atom stereocenters. The summed E-state index contributed by atoms with van der Waals surface area (Å²) in [5.74, 6) is 0.641. The molecule has 8 nitrogen and oxygen atoms in total. The third-order valence-electron chi connectivity index (χ3n) is 4.70. The van der Waals surface area contributed by atoms with Gasteiger partial charge in [0.15, 0.2) is 6.61 Å². The summed E-state index contributed by atoms with van der Waals surface area (Å²) in [6.07, 6.45) is 0. The summed E-state index contributed by atoms with van der Waals surface area (Å²) >= 11 is 0. The second-order valence-corrected chi connectivity index (χ2v) is 7.48. The highest BCUT2D eigenvalue weighted by atomic mass is 16.5. The predicted octanol–water partition coefficient (Wildman–Crippen LogP) is 2.05. The van der Waals surface area contributed by atoms with Crippen molar-refractivity contribution in [1.82, 2.24) is 15.1 Å². The molecule has 8 heteroatoms. The number of piperazine rings is 1. The molecular weight excluding hydrogens is 398 g/mol. The number of para-hydroxylation sites is 1. The van der Waals surface area contributed by atoms with Crippen molar-refractivity contribution < 1.29 is 23.9 Å². The van der Waals surface area contributed by atoms with Crippen LogP contribution in [-0.2, 0) is 14.4 Å². The average molecular weight is 425 g/mol. The van der Waals surface area contributed by atoms with E-state index in [2.05, 4.69) is 5.32 Å². The summed E-state index contributed by atoms with van der Waals surface area (Å²) in [6, 6.07) is 16.4. The zero-order valence-corrected chi connectivity index (χ0v) is 17.7. The summed E-state index contributed by atoms with van der Waals surface area (Å²) in [5, 5.41) is 2.59. The number of carbonyl (C=O) groups excluding carboxylic acids is 3. The van der Waals surface area contributed by atoms with E-state index in [1.165, 1.54) is 4.90 Å². The van der Waals surface area contributed by atoms with Crippen molar-refractivity contribution in [3.05, 3.63) is 54.6 Å². The van der Waals surface area contributed by atoms with Gasteiger partial charge in [-0.05, 0) is 50.2 Å². The monoisotopic (exact) mass is 425 g/mol. The number of benzene rings is 2. The van der Waals surface area contributed by atoms with Gasteiger partial charge in [-0.1, -0.05) is 18.2 Å². The third-order valence-corrected chi connectivity index (χ3v) is 4.70. The van der Waals surface area contributed by atoms with Crippen molar-refractivity contribution in [1.29, 1.82) is 0 Å². The Labute approximate surface area is 181 Å². The van der Waals surface area contributed by atoms with Gasteiger partial charge in [-0.25, -0.2) is 0 Å². The van der Waals surface area contributed by atoms with Gasteiger partial charge in [0.05, 0.1) is 0 Å². The summed E-state index contributed by atoms with van der Waals surface area (Å²) in [7, 11) is 0. The molecule has 1 saturated heterocycles. The van der Waals surface area contributed by atoms with Crippen LogP contribution in [0.25, 0.3) is 0 Å². The molecule has 164 valence electrons. The Morgan fingerprint density at radius 3 is 2.00 bits per heavy atom. The number of amides is 3. The Bertz CT molecular complexity index is 891. The molecule has 1 heterocycles. The van der Waals surface area contributed by atoms with Crippen LogP contribution in [0.3, 0.4) is 0 Å². The van der Waals surface area contributed by atoms with E-state index in [1.807, 2.05) is 30.3 Å². The standard InChI is InChI=1S/C23H27N3O5/c1-17(2)24-22(28)23(29)26-14-12-25(13-15-26)21(27)16-30-18-8-10-20(11-9-18)31-19-6-4-3-5-7-19/h3-11,17H,12-16H2,1-2H3,(H,24,28). The van der Waals surface area contributed by atoms with Crippen LogP contribution in [0.2, 0.25) is 0 Å². The third kappa shape index (κ3) is 6.47. The van der Waals surface area contributed by atoms with Crippen LogP contribution in [0, 0.1) is 0 Å². The molecule has 0 saturated carbocycles. The lowest BCUT2D eigenvalue weighted by Crippen LogP contribution is -2.55. The fourth-order valence-corrected chi connectivity index (χ4v) is 3.09. The Balaban J connectivity index is 1.42. The second kappa shape index (κ2) is 10.5. The highest BCUT2D eigenvalue weighted by Gasteiger charge is 2.28. The zero-order valence-electron chi connectivity index (χ0n) is 17.7. The Hall–Kier alpha value is -3.55. The van der Waals surface area contributed by atoms with Crippen molar-refractivity contribution in [3.8, 4) is 17.2 Å². The number of ether oxygens (including phenoxy) is 2. The SMILES string of the molecule is CC(C)NC(=O)C(=O)N1CCN(C(=O)COc2ccc(Oc3ccccc3)cc2)CC1. The topological polar surface area (TPSA) is 88.2 Å². The van der Waals surface area contributed by atoms with E-state index in [-0.39, 0.29) is 18.6 Å². The van der Waals surface area contributed by atoms with E-state index in [9.17, 15) is 14.4 Å². The predicted molar refractivity (Wildman–Crippen MR) is 115 cm³/mol.